The van der Waals surface area contributed by atoms with Crippen molar-refractivity contribution in [1.29, 1.82) is 0 Å². The zero-order valence-electron chi connectivity index (χ0n) is 10.3. The monoisotopic (exact) mass is 297 g/mol. The number of ether oxygens (including phenoxy) is 1. The Labute approximate surface area is 111 Å². The minimum Gasteiger partial charge on any atom is -0.394 e. The van der Waals surface area contributed by atoms with Crippen molar-refractivity contribution in [2.75, 3.05) is 37.6 Å². The summed E-state index contributed by atoms with van der Waals surface area (Å²) in [6, 6.07) is -0.407. The molecule has 1 amide bonds. The summed E-state index contributed by atoms with van der Waals surface area (Å²) in [5, 5.41) is 11.6. The molecule has 0 aliphatic carbocycles. The van der Waals surface area contributed by atoms with Gasteiger partial charge in [-0.15, -0.1) is 11.8 Å². The van der Waals surface area contributed by atoms with Crippen LogP contribution in [0, 0.1) is 0 Å². The molecule has 0 radical (unpaired) electrons. The first-order valence-electron chi connectivity index (χ1n) is 5.68. The quantitative estimate of drug-likeness (QED) is 0.628. The largest absolute Gasteiger partial charge is 0.394 e. The van der Waals surface area contributed by atoms with E-state index in [2.05, 4.69) is 5.32 Å². The smallest absolute Gasteiger partial charge is 0.230 e. The number of hydrogen-bond donors (Lipinski definition) is 2. The summed E-state index contributed by atoms with van der Waals surface area (Å²) >= 11 is 1.35. The maximum absolute atomic E-state index is 11.6. The molecule has 0 aromatic rings. The van der Waals surface area contributed by atoms with Gasteiger partial charge in [0.25, 0.3) is 0 Å². The van der Waals surface area contributed by atoms with Crippen molar-refractivity contribution < 1.29 is 23.1 Å². The van der Waals surface area contributed by atoms with E-state index in [1.165, 1.54) is 18.9 Å². The van der Waals surface area contributed by atoms with Crippen LogP contribution < -0.4 is 5.32 Å². The molecule has 6 nitrogen and oxygen atoms in total. The lowest BCUT2D eigenvalue weighted by Crippen LogP contribution is -2.41. The molecule has 0 aromatic heterocycles. The fourth-order valence-corrected chi connectivity index (χ4v) is 5.15. The van der Waals surface area contributed by atoms with Crippen LogP contribution in [-0.4, -0.2) is 68.3 Å². The van der Waals surface area contributed by atoms with Crippen LogP contribution in [0.4, 0.5) is 0 Å². The summed E-state index contributed by atoms with van der Waals surface area (Å²) in [7, 11) is -1.40. The molecular weight excluding hydrogens is 278 g/mol. The van der Waals surface area contributed by atoms with Crippen LogP contribution in [-0.2, 0) is 19.4 Å². The standard InChI is InChI=1S/C10H19NO5S2/c1-16-5-8(4-12)11-10(13)6-17-9-2-3-18(14,15)7-9/h8-9,12H,2-7H2,1H3,(H,11,13). The number of aliphatic hydroxyl groups is 1. The Balaban J connectivity index is 2.25. The highest BCUT2D eigenvalue weighted by atomic mass is 32.2. The third kappa shape index (κ3) is 5.55. The second-order valence-electron chi connectivity index (χ2n) is 4.24. The fraction of sp³-hybridized carbons (Fsp3) is 0.900. The van der Waals surface area contributed by atoms with Crippen LogP contribution in [0.15, 0.2) is 0 Å². The molecule has 1 aliphatic heterocycles. The predicted octanol–water partition coefficient (Wildman–Crippen LogP) is -0.970. The molecule has 1 rings (SSSR count). The molecule has 0 saturated carbocycles. The second-order valence-corrected chi connectivity index (χ2v) is 7.76. The van der Waals surface area contributed by atoms with E-state index in [1.807, 2.05) is 0 Å². The average Bonchev–Trinajstić information content (AvgIpc) is 2.66. The van der Waals surface area contributed by atoms with Gasteiger partial charge in [0, 0.05) is 12.4 Å². The van der Waals surface area contributed by atoms with Crippen molar-refractivity contribution >= 4 is 27.5 Å². The van der Waals surface area contributed by atoms with Crippen LogP contribution in [0.1, 0.15) is 6.42 Å². The van der Waals surface area contributed by atoms with E-state index in [1.54, 1.807) is 0 Å². The summed E-state index contributed by atoms with van der Waals surface area (Å²) in [6.45, 7) is 0.0762. The molecule has 1 saturated heterocycles. The summed E-state index contributed by atoms with van der Waals surface area (Å²) in [5.41, 5.74) is 0. The number of rotatable bonds is 7. The lowest BCUT2D eigenvalue weighted by Gasteiger charge is -2.15. The van der Waals surface area contributed by atoms with Crippen LogP contribution in [0.25, 0.3) is 0 Å². The predicted molar refractivity (Wildman–Crippen MR) is 70.4 cm³/mol. The van der Waals surface area contributed by atoms with Gasteiger partial charge in [-0.2, -0.15) is 0 Å². The molecule has 1 fully saturated rings. The Bertz CT molecular complexity index is 370. The first-order chi connectivity index (χ1) is 8.46. The Morgan fingerprint density at radius 3 is 2.83 bits per heavy atom. The third-order valence-electron chi connectivity index (χ3n) is 2.59. The molecule has 0 spiro atoms. The molecule has 0 bridgehead atoms. The first kappa shape index (κ1) is 15.7. The number of thioether (sulfide) groups is 1. The van der Waals surface area contributed by atoms with Gasteiger partial charge in [0.1, 0.15) is 0 Å². The topological polar surface area (TPSA) is 92.7 Å². The van der Waals surface area contributed by atoms with Crippen molar-refractivity contribution in [3.8, 4) is 0 Å². The number of amides is 1. The van der Waals surface area contributed by atoms with Gasteiger partial charge in [-0.1, -0.05) is 0 Å². The number of carbonyl (C=O) groups is 1. The molecule has 2 atom stereocenters. The van der Waals surface area contributed by atoms with Gasteiger partial charge in [-0.25, -0.2) is 8.42 Å². The molecular formula is C10H19NO5S2. The van der Waals surface area contributed by atoms with E-state index in [9.17, 15) is 13.2 Å². The van der Waals surface area contributed by atoms with Gasteiger partial charge in [-0.3, -0.25) is 4.79 Å². The van der Waals surface area contributed by atoms with E-state index < -0.39 is 15.9 Å². The van der Waals surface area contributed by atoms with Crippen LogP contribution in [0.3, 0.4) is 0 Å². The number of nitrogens with one attached hydrogen (secondary N) is 1. The average molecular weight is 297 g/mol. The normalized spacial score (nSPS) is 23.8. The number of carbonyl (C=O) groups excluding carboxylic acids is 1. The highest BCUT2D eigenvalue weighted by molar-refractivity contribution is 8.02. The SMILES string of the molecule is COCC(CO)NC(=O)CSC1CCS(=O)(=O)C1. The zero-order chi connectivity index (χ0) is 13.6. The summed E-state index contributed by atoms with van der Waals surface area (Å²) in [5.74, 6) is 0.377. The Morgan fingerprint density at radius 1 is 1.61 bits per heavy atom. The van der Waals surface area contributed by atoms with Crippen LogP contribution in [0.5, 0.6) is 0 Å². The maximum Gasteiger partial charge on any atom is 0.230 e. The minimum atomic E-state index is -2.89. The maximum atomic E-state index is 11.6. The van der Waals surface area contributed by atoms with Gasteiger partial charge >= 0.3 is 0 Å². The van der Waals surface area contributed by atoms with Gasteiger partial charge in [0.15, 0.2) is 9.84 Å². The van der Waals surface area contributed by atoms with Crippen molar-refractivity contribution in [2.24, 2.45) is 0 Å². The van der Waals surface area contributed by atoms with E-state index in [0.29, 0.717) is 6.42 Å². The van der Waals surface area contributed by atoms with Crippen LogP contribution in [0.2, 0.25) is 0 Å². The summed E-state index contributed by atoms with van der Waals surface area (Å²) < 4.78 is 27.3. The van der Waals surface area contributed by atoms with Crippen molar-refractivity contribution in [3.05, 3.63) is 0 Å². The zero-order valence-corrected chi connectivity index (χ0v) is 11.9. The van der Waals surface area contributed by atoms with Gasteiger partial charge in [-0.05, 0) is 6.42 Å². The number of hydrogen-bond acceptors (Lipinski definition) is 6. The second kappa shape index (κ2) is 7.32. The van der Waals surface area contributed by atoms with Crippen molar-refractivity contribution in [3.63, 3.8) is 0 Å². The van der Waals surface area contributed by atoms with E-state index in [4.69, 9.17) is 9.84 Å². The molecule has 8 heteroatoms. The number of sulfone groups is 1. The molecule has 0 aromatic carbocycles. The molecule has 18 heavy (non-hydrogen) atoms. The Kier molecular flexibility index (Phi) is 6.40. The minimum absolute atomic E-state index is 0.00996. The van der Waals surface area contributed by atoms with Crippen molar-refractivity contribution in [2.45, 2.75) is 17.7 Å². The lowest BCUT2D eigenvalue weighted by atomic mass is 10.3. The van der Waals surface area contributed by atoms with Crippen LogP contribution >= 0.6 is 11.8 Å². The molecule has 2 unspecified atom stereocenters. The third-order valence-corrected chi connectivity index (χ3v) is 5.88. The highest BCUT2D eigenvalue weighted by Crippen LogP contribution is 2.23. The Hall–Kier alpha value is -0.310. The highest BCUT2D eigenvalue weighted by Gasteiger charge is 2.28. The van der Waals surface area contributed by atoms with E-state index in [0.717, 1.165) is 0 Å². The Morgan fingerprint density at radius 2 is 2.33 bits per heavy atom. The first-order valence-corrected chi connectivity index (χ1v) is 8.55. The van der Waals surface area contributed by atoms with E-state index >= 15 is 0 Å². The van der Waals surface area contributed by atoms with Crippen molar-refractivity contribution in [1.82, 2.24) is 5.32 Å². The number of aliphatic hydroxyl groups excluding tert-OH is 1. The van der Waals surface area contributed by atoms with E-state index in [-0.39, 0.29) is 41.6 Å². The van der Waals surface area contributed by atoms with Gasteiger partial charge in [0.2, 0.25) is 5.91 Å². The summed E-state index contributed by atoms with van der Waals surface area (Å²) in [4.78, 5) is 11.6. The molecule has 1 heterocycles. The molecule has 106 valence electrons. The molecule has 1 aliphatic rings. The lowest BCUT2D eigenvalue weighted by molar-refractivity contribution is -0.120. The van der Waals surface area contributed by atoms with Gasteiger partial charge in [0.05, 0.1) is 36.5 Å². The molecule has 2 N–H and O–H groups in total. The summed E-state index contributed by atoms with van der Waals surface area (Å²) in [6.07, 6.45) is 0.613. The van der Waals surface area contributed by atoms with Gasteiger partial charge < -0.3 is 15.2 Å². The number of methoxy groups -OCH3 is 1. The fourth-order valence-electron chi connectivity index (χ4n) is 1.70.